The summed E-state index contributed by atoms with van der Waals surface area (Å²) in [4.78, 5) is 11.8. The Morgan fingerprint density at radius 3 is 2.61 bits per heavy atom. The quantitative estimate of drug-likeness (QED) is 0.783. The molecule has 0 radical (unpaired) electrons. The largest absolute Gasteiger partial charge is 0.497 e. The van der Waals surface area contributed by atoms with Gasteiger partial charge in [0.15, 0.2) is 0 Å². The second-order valence-corrected chi connectivity index (χ2v) is 5.16. The summed E-state index contributed by atoms with van der Waals surface area (Å²) in [6, 6.07) is 10.3. The molecule has 2 aromatic carbocycles. The molecule has 2 aromatic rings. The molecule has 23 heavy (non-hydrogen) atoms. The average Bonchev–Trinajstić information content (AvgIpc) is 2.56. The van der Waals surface area contributed by atoms with Crippen LogP contribution in [-0.4, -0.2) is 24.8 Å². The Bertz CT molecular complexity index is 680. The Labute approximate surface area is 138 Å². The van der Waals surface area contributed by atoms with Crippen LogP contribution in [0.15, 0.2) is 42.5 Å². The topological polar surface area (TPSA) is 70.6 Å². The van der Waals surface area contributed by atoms with Crippen LogP contribution in [0.1, 0.15) is 11.7 Å². The highest BCUT2D eigenvalue weighted by Gasteiger charge is 2.12. The molecule has 0 heterocycles. The normalized spacial score (nSPS) is 11.7. The maximum Gasteiger partial charge on any atom is 0.319 e. The van der Waals surface area contributed by atoms with Crippen molar-refractivity contribution in [2.24, 2.45) is 0 Å². The predicted octanol–water partition coefficient (Wildman–Crippen LogP) is 3.34. The highest BCUT2D eigenvalue weighted by Crippen LogP contribution is 2.20. The van der Waals surface area contributed by atoms with Crippen molar-refractivity contribution in [2.45, 2.75) is 6.10 Å². The van der Waals surface area contributed by atoms with Gasteiger partial charge in [0, 0.05) is 12.2 Å². The number of carbonyl (C=O) groups excluding carboxylic acids is 1. The molecule has 2 amide bonds. The van der Waals surface area contributed by atoms with Crippen molar-refractivity contribution in [1.82, 2.24) is 5.32 Å². The zero-order chi connectivity index (χ0) is 16.8. The lowest BCUT2D eigenvalue weighted by Crippen LogP contribution is -2.32. The fourth-order valence-electron chi connectivity index (χ4n) is 1.88. The van der Waals surface area contributed by atoms with Crippen molar-refractivity contribution >= 4 is 23.3 Å². The Hall–Kier alpha value is -2.31. The van der Waals surface area contributed by atoms with Gasteiger partial charge in [0.25, 0.3) is 0 Å². The van der Waals surface area contributed by atoms with Crippen LogP contribution >= 0.6 is 11.6 Å². The number of halogens is 2. The number of ether oxygens (including phenoxy) is 1. The first-order valence-electron chi connectivity index (χ1n) is 6.81. The minimum atomic E-state index is -1.04. The van der Waals surface area contributed by atoms with Gasteiger partial charge in [0.1, 0.15) is 11.6 Å². The van der Waals surface area contributed by atoms with E-state index in [0.717, 1.165) is 6.07 Å². The van der Waals surface area contributed by atoms with Crippen molar-refractivity contribution in [1.29, 1.82) is 0 Å². The van der Waals surface area contributed by atoms with E-state index in [4.69, 9.17) is 16.3 Å². The van der Waals surface area contributed by atoms with E-state index in [1.165, 1.54) is 12.1 Å². The Kier molecular flexibility index (Phi) is 5.78. The maximum atomic E-state index is 13.3. The lowest BCUT2D eigenvalue weighted by Gasteiger charge is -2.13. The summed E-state index contributed by atoms with van der Waals surface area (Å²) in [6.07, 6.45) is -1.04. The number of aliphatic hydroxyl groups excluding tert-OH is 1. The second kappa shape index (κ2) is 7.80. The van der Waals surface area contributed by atoms with Gasteiger partial charge >= 0.3 is 6.03 Å². The molecule has 0 fully saturated rings. The first kappa shape index (κ1) is 17.1. The zero-order valence-corrected chi connectivity index (χ0v) is 13.1. The molecule has 1 atom stereocenters. The zero-order valence-electron chi connectivity index (χ0n) is 12.3. The number of urea groups is 1. The van der Waals surface area contributed by atoms with Gasteiger partial charge in [-0.3, -0.25) is 0 Å². The third-order valence-corrected chi connectivity index (χ3v) is 3.44. The average molecular weight is 339 g/mol. The number of methoxy groups -OCH3 is 1. The van der Waals surface area contributed by atoms with Crippen molar-refractivity contribution in [2.75, 3.05) is 19.0 Å². The number of anilines is 1. The molecule has 2 rings (SSSR count). The molecule has 0 aliphatic rings. The molecule has 0 bridgehead atoms. The third-order valence-electron chi connectivity index (χ3n) is 3.13. The summed E-state index contributed by atoms with van der Waals surface area (Å²) >= 11 is 5.58. The van der Waals surface area contributed by atoms with Crippen LogP contribution < -0.4 is 15.4 Å². The van der Waals surface area contributed by atoms with Gasteiger partial charge in [-0.2, -0.15) is 0 Å². The standard InChI is InChI=1S/C16H16ClFN2O3/c1-23-12-5-3-11(4-6-12)20-16(22)19-9-15(21)10-2-7-13(17)14(18)8-10/h2-8,15,21H,9H2,1H3,(H2,19,20,22). The van der Waals surface area contributed by atoms with Gasteiger partial charge in [-0.25, -0.2) is 9.18 Å². The minimum absolute atomic E-state index is 0.0221. The monoisotopic (exact) mass is 338 g/mol. The van der Waals surface area contributed by atoms with E-state index >= 15 is 0 Å². The van der Waals surface area contributed by atoms with E-state index < -0.39 is 18.0 Å². The van der Waals surface area contributed by atoms with E-state index in [-0.39, 0.29) is 11.6 Å². The fourth-order valence-corrected chi connectivity index (χ4v) is 1.99. The number of carbonyl (C=O) groups is 1. The summed E-state index contributed by atoms with van der Waals surface area (Å²) < 4.78 is 18.4. The Morgan fingerprint density at radius 2 is 2.00 bits per heavy atom. The van der Waals surface area contributed by atoms with Crippen LogP contribution in [0.2, 0.25) is 5.02 Å². The van der Waals surface area contributed by atoms with E-state index in [2.05, 4.69) is 10.6 Å². The van der Waals surface area contributed by atoms with Crippen LogP contribution in [0, 0.1) is 5.82 Å². The lowest BCUT2D eigenvalue weighted by atomic mass is 10.1. The van der Waals surface area contributed by atoms with E-state index in [1.807, 2.05) is 0 Å². The van der Waals surface area contributed by atoms with Crippen LogP contribution in [0.5, 0.6) is 5.75 Å². The Balaban J connectivity index is 1.86. The minimum Gasteiger partial charge on any atom is -0.497 e. The molecule has 0 saturated carbocycles. The summed E-state index contributed by atoms with van der Waals surface area (Å²) in [5.74, 6) is 0.0575. The van der Waals surface area contributed by atoms with Crippen molar-refractivity contribution in [3.8, 4) is 5.75 Å². The number of nitrogens with one attached hydrogen (secondary N) is 2. The number of hydrogen-bond acceptors (Lipinski definition) is 3. The van der Waals surface area contributed by atoms with Gasteiger partial charge in [-0.1, -0.05) is 17.7 Å². The summed E-state index contributed by atoms with van der Waals surface area (Å²) in [6.45, 7) is -0.0664. The highest BCUT2D eigenvalue weighted by atomic mass is 35.5. The number of hydrogen-bond donors (Lipinski definition) is 3. The SMILES string of the molecule is COc1ccc(NC(=O)NCC(O)c2ccc(Cl)c(F)c2)cc1. The highest BCUT2D eigenvalue weighted by molar-refractivity contribution is 6.30. The van der Waals surface area contributed by atoms with E-state index in [9.17, 15) is 14.3 Å². The van der Waals surface area contributed by atoms with Gasteiger partial charge < -0.3 is 20.5 Å². The van der Waals surface area contributed by atoms with Crippen LogP contribution in [-0.2, 0) is 0 Å². The maximum absolute atomic E-state index is 13.3. The number of benzene rings is 2. The molecular weight excluding hydrogens is 323 g/mol. The molecule has 7 heteroatoms. The van der Waals surface area contributed by atoms with Crippen molar-refractivity contribution < 1.29 is 19.0 Å². The fraction of sp³-hybridized carbons (Fsp3) is 0.188. The number of aliphatic hydroxyl groups is 1. The van der Waals surface area contributed by atoms with Crippen molar-refractivity contribution in [3.63, 3.8) is 0 Å². The first-order valence-corrected chi connectivity index (χ1v) is 7.19. The molecule has 122 valence electrons. The summed E-state index contributed by atoms with van der Waals surface area (Å²) in [5.41, 5.74) is 0.909. The predicted molar refractivity (Wildman–Crippen MR) is 86.4 cm³/mol. The molecule has 1 unspecified atom stereocenters. The van der Waals surface area contributed by atoms with Gasteiger partial charge in [0.2, 0.25) is 0 Å². The summed E-state index contributed by atoms with van der Waals surface area (Å²) in [5, 5.41) is 15.0. The van der Waals surface area contributed by atoms with E-state index in [1.54, 1.807) is 31.4 Å². The molecule has 0 saturated heterocycles. The third kappa shape index (κ3) is 4.84. The smallest absolute Gasteiger partial charge is 0.319 e. The lowest BCUT2D eigenvalue weighted by molar-refractivity contribution is 0.174. The van der Waals surface area contributed by atoms with E-state index in [0.29, 0.717) is 17.0 Å². The number of amides is 2. The van der Waals surface area contributed by atoms with Crippen LogP contribution in [0.3, 0.4) is 0 Å². The van der Waals surface area contributed by atoms with Gasteiger partial charge in [0.05, 0.1) is 18.2 Å². The summed E-state index contributed by atoms with van der Waals surface area (Å²) in [7, 11) is 1.55. The van der Waals surface area contributed by atoms with Crippen LogP contribution in [0.25, 0.3) is 0 Å². The van der Waals surface area contributed by atoms with Crippen molar-refractivity contribution in [3.05, 3.63) is 58.9 Å². The van der Waals surface area contributed by atoms with Crippen LogP contribution in [0.4, 0.5) is 14.9 Å². The molecule has 5 nitrogen and oxygen atoms in total. The number of rotatable bonds is 5. The molecular formula is C16H16ClFN2O3. The molecule has 0 spiro atoms. The first-order chi connectivity index (χ1) is 11.0. The molecule has 0 aliphatic carbocycles. The molecule has 0 aromatic heterocycles. The molecule has 3 N–H and O–H groups in total. The Morgan fingerprint density at radius 1 is 1.30 bits per heavy atom. The van der Waals surface area contributed by atoms with Gasteiger partial charge in [-0.05, 0) is 42.0 Å². The van der Waals surface area contributed by atoms with Gasteiger partial charge in [-0.15, -0.1) is 0 Å². The molecule has 0 aliphatic heterocycles. The second-order valence-electron chi connectivity index (χ2n) is 4.75.